The van der Waals surface area contributed by atoms with Crippen LogP contribution in [0.2, 0.25) is 0 Å². The summed E-state index contributed by atoms with van der Waals surface area (Å²) in [4.78, 5) is 22.2. The van der Waals surface area contributed by atoms with Crippen LogP contribution in [0.15, 0.2) is 24.3 Å². The molecule has 5 atom stereocenters. The van der Waals surface area contributed by atoms with Crippen molar-refractivity contribution in [2.45, 2.75) is 25.2 Å². The number of nitro benzene ring substituents is 1. The molecular formula is C16H17NO7. The highest BCUT2D eigenvalue weighted by molar-refractivity contribution is 5.64. The van der Waals surface area contributed by atoms with Crippen LogP contribution in [0, 0.1) is 27.9 Å². The van der Waals surface area contributed by atoms with Gasteiger partial charge in [0, 0.05) is 29.9 Å². The van der Waals surface area contributed by atoms with Crippen LogP contribution in [-0.4, -0.2) is 36.7 Å². The van der Waals surface area contributed by atoms with E-state index in [1.54, 1.807) is 0 Å². The van der Waals surface area contributed by atoms with E-state index in [1.807, 2.05) is 0 Å². The maximum absolute atomic E-state index is 12.1. The average Bonchev–Trinajstić information content (AvgIpc) is 2.80. The minimum absolute atomic E-state index is 0.0666. The summed E-state index contributed by atoms with van der Waals surface area (Å²) in [5.41, 5.74) is -0.0666. The number of rotatable bonds is 3. The minimum atomic E-state index is -0.801. The molecule has 1 saturated carbocycles. The lowest BCUT2D eigenvalue weighted by molar-refractivity contribution is -0.384. The van der Waals surface area contributed by atoms with E-state index in [1.165, 1.54) is 24.3 Å². The lowest BCUT2D eigenvalue weighted by atomic mass is 9.74. The van der Waals surface area contributed by atoms with Gasteiger partial charge in [-0.25, -0.2) is 4.79 Å². The lowest BCUT2D eigenvalue weighted by Gasteiger charge is -2.35. The van der Waals surface area contributed by atoms with E-state index in [-0.39, 0.29) is 41.6 Å². The van der Waals surface area contributed by atoms with Crippen molar-refractivity contribution in [2.24, 2.45) is 17.8 Å². The summed E-state index contributed by atoms with van der Waals surface area (Å²) in [7, 11) is 0. The van der Waals surface area contributed by atoms with Crippen LogP contribution in [0.25, 0.3) is 0 Å². The Hall–Kier alpha value is -2.19. The zero-order valence-corrected chi connectivity index (χ0v) is 12.8. The van der Waals surface area contributed by atoms with E-state index in [0.717, 1.165) is 12.8 Å². The molecule has 8 heteroatoms. The third kappa shape index (κ3) is 2.71. The predicted octanol–water partition coefficient (Wildman–Crippen LogP) is 2.51. The maximum atomic E-state index is 12.1. The van der Waals surface area contributed by atoms with E-state index in [9.17, 15) is 14.9 Å². The molecule has 4 bridgehead atoms. The van der Waals surface area contributed by atoms with Crippen LogP contribution in [-0.2, 0) is 14.2 Å². The molecule has 128 valence electrons. The molecule has 1 aromatic carbocycles. The van der Waals surface area contributed by atoms with Gasteiger partial charge in [-0.1, -0.05) is 0 Å². The van der Waals surface area contributed by atoms with E-state index in [0.29, 0.717) is 13.2 Å². The Morgan fingerprint density at radius 3 is 2.62 bits per heavy atom. The van der Waals surface area contributed by atoms with Gasteiger partial charge in [0.1, 0.15) is 11.9 Å². The minimum Gasteiger partial charge on any atom is -0.430 e. The summed E-state index contributed by atoms with van der Waals surface area (Å²) in [6.07, 6.45) is 0.708. The molecule has 0 spiro atoms. The first-order valence-electron chi connectivity index (χ1n) is 7.98. The third-order valence-corrected chi connectivity index (χ3v) is 5.07. The zero-order chi connectivity index (χ0) is 16.7. The molecule has 0 amide bonds. The summed E-state index contributed by atoms with van der Waals surface area (Å²) in [6, 6.07) is 5.30. The van der Waals surface area contributed by atoms with E-state index in [2.05, 4.69) is 0 Å². The molecule has 0 radical (unpaired) electrons. The Labute approximate surface area is 137 Å². The molecule has 1 aliphatic carbocycles. The van der Waals surface area contributed by atoms with E-state index < -0.39 is 11.1 Å². The highest BCUT2D eigenvalue weighted by Gasteiger charge is 2.52. The van der Waals surface area contributed by atoms with Crippen LogP contribution in [0.5, 0.6) is 5.75 Å². The smallest absolute Gasteiger partial charge is 0.430 e. The second-order valence-electron chi connectivity index (χ2n) is 6.39. The normalized spacial score (nSPS) is 33.8. The summed E-state index contributed by atoms with van der Waals surface area (Å²) >= 11 is 0. The third-order valence-electron chi connectivity index (χ3n) is 5.07. The first kappa shape index (κ1) is 15.3. The monoisotopic (exact) mass is 335 g/mol. The summed E-state index contributed by atoms with van der Waals surface area (Å²) in [5.74, 6) is 0.771. The number of non-ortho nitro benzene ring substituents is 1. The second kappa shape index (κ2) is 6.03. The largest absolute Gasteiger partial charge is 0.514 e. The number of benzene rings is 1. The van der Waals surface area contributed by atoms with Crippen molar-refractivity contribution >= 4 is 11.8 Å². The average molecular weight is 335 g/mol. The SMILES string of the molecule is O=C(Oc1ccc([N+](=O)[O-])cc1)OC1C2CCC3C(OC2)OCC31. The summed E-state index contributed by atoms with van der Waals surface area (Å²) in [6.45, 7) is 1.05. The van der Waals surface area contributed by atoms with Gasteiger partial charge >= 0.3 is 6.16 Å². The van der Waals surface area contributed by atoms with Gasteiger partial charge in [-0.2, -0.15) is 0 Å². The number of carbonyl (C=O) groups excluding carboxylic acids is 1. The predicted molar refractivity (Wildman–Crippen MR) is 79.4 cm³/mol. The van der Waals surface area contributed by atoms with Crippen LogP contribution < -0.4 is 4.74 Å². The Balaban J connectivity index is 1.41. The van der Waals surface area contributed by atoms with Gasteiger partial charge < -0.3 is 18.9 Å². The standard InChI is InChI=1S/C16H17NO7/c18-16(23-11-4-2-10(3-5-11)17(19)20)24-14-9-1-6-12-13(14)8-22-15(12)21-7-9/h2-5,9,12-15H,1,6-8H2. The molecule has 8 nitrogen and oxygen atoms in total. The highest BCUT2D eigenvalue weighted by atomic mass is 16.7. The van der Waals surface area contributed by atoms with Crippen molar-refractivity contribution in [3.8, 4) is 5.75 Å². The molecule has 4 aliphatic rings. The molecule has 0 aromatic heterocycles. The molecule has 0 N–H and O–H groups in total. The molecule has 24 heavy (non-hydrogen) atoms. The molecule has 5 rings (SSSR count). The Bertz CT molecular complexity index is 646. The van der Waals surface area contributed by atoms with Crippen molar-refractivity contribution in [1.29, 1.82) is 0 Å². The fraction of sp³-hybridized carbons (Fsp3) is 0.562. The van der Waals surface area contributed by atoms with Gasteiger partial charge in [0.05, 0.1) is 18.1 Å². The number of nitro groups is 1. The number of hydrogen-bond acceptors (Lipinski definition) is 7. The summed E-state index contributed by atoms with van der Waals surface area (Å²) < 4.78 is 22.1. The maximum Gasteiger partial charge on any atom is 0.514 e. The van der Waals surface area contributed by atoms with Gasteiger partial charge in [-0.05, 0) is 25.0 Å². The summed E-state index contributed by atoms with van der Waals surface area (Å²) in [5, 5.41) is 10.6. The van der Waals surface area contributed by atoms with Gasteiger partial charge in [-0.3, -0.25) is 10.1 Å². The van der Waals surface area contributed by atoms with Crippen molar-refractivity contribution in [2.75, 3.05) is 13.2 Å². The Morgan fingerprint density at radius 1 is 1.12 bits per heavy atom. The Kier molecular flexibility index (Phi) is 3.85. The lowest BCUT2D eigenvalue weighted by Crippen LogP contribution is -2.42. The number of ether oxygens (including phenoxy) is 4. The zero-order valence-electron chi connectivity index (χ0n) is 12.8. The van der Waals surface area contributed by atoms with Crippen LogP contribution >= 0.6 is 0 Å². The molecule has 5 unspecified atom stereocenters. The van der Waals surface area contributed by atoms with Gasteiger partial charge in [0.25, 0.3) is 5.69 Å². The molecular weight excluding hydrogens is 318 g/mol. The van der Waals surface area contributed by atoms with Gasteiger partial charge in [0.15, 0.2) is 6.29 Å². The fourth-order valence-electron chi connectivity index (χ4n) is 3.88. The highest BCUT2D eigenvalue weighted by Crippen LogP contribution is 2.46. The molecule has 3 saturated heterocycles. The van der Waals surface area contributed by atoms with E-state index >= 15 is 0 Å². The van der Waals surface area contributed by atoms with Gasteiger partial charge in [0.2, 0.25) is 0 Å². The van der Waals surface area contributed by atoms with Crippen molar-refractivity contribution in [1.82, 2.24) is 0 Å². The van der Waals surface area contributed by atoms with Crippen molar-refractivity contribution in [3.05, 3.63) is 34.4 Å². The first-order valence-corrected chi connectivity index (χ1v) is 7.98. The first-order chi connectivity index (χ1) is 11.6. The second-order valence-corrected chi connectivity index (χ2v) is 6.39. The van der Waals surface area contributed by atoms with Crippen molar-refractivity contribution in [3.63, 3.8) is 0 Å². The van der Waals surface area contributed by atoms with Crippen LogP contribution in [0.1, 0.15) is 12.8 Å². The topological polar surface area (TPSA) is 97.1 Å². The van der Waals surface area contributed by atoms with Gasteiger partial charge in [-0.15, -0.1) is 0 Å². The molecule has 4 fully saturated rings. The molecule has 3 heterocycles. The van der Waals surface area contributed by atoms with Crippen LogP contribution in [0.3, 0.4) is 0 Å². The fourth-order valence-corrected chi connectivity index (χ4v) is 3.88. The van der Waals surface area contributed by atoms with Crippen molar-refractivity contribution < 1.29 is 28.7 Å². The number of nitrogens with zero attached hydrogens (tertiary/aromatic N) is 1. The quantitative estimate of drug-likeness (QED) is 0.362. The van der Waals surface area contributed by atoms with Crippen LogP contribution in [0.4, 0.5) is 10.5 Å². The number of fused-ring (bicyclic) bond motifs is 2. The Morgan fingerprint density at radius 2 is 1.88 bits per heavy atom. The molecule has 1 aromatic rings. The number of carbonyl (C=O) groups is 1. The van der Waals surface area contributed by atoms with E-state index in [4.69, 9.17) is 18.9 Å². The molecule has 3 aliphatic heterocycles. The number of hydrogen-bond donors (Lipinski definition) is 0.